The predicted octanol–water partition coefficient (Wildman–Crippen LogP) is 4.21. The predicted molar refractivity (Wildman–Crippen MR) is 89.1 cm³/mol. The molecule has 4 heteroatoms. The van der Waals surface area contributed by atoms with Crippen LogP contribution in [0.4, 0.5) is 5.69 Å². The van der Waals surface area contributed by atoms with Crippen LogP contribution >= 0.6 is 11.8 Å². The lowest BCUT2D eigenvalue weighted by molar-refractivity contribution is 1.05. The number of nitrogens with zero attached hydrogens (tertiary/aromatic N) is 2. The van der Waals surface area contributed by atoms with E-state index in [1.165, 1.54) is 10.5 Å². The van der Waals surface area contributed by atoms with E-state index in [9.17, 15) is 0 Å². The van der Waals surface area contributed by atoms with Gasteiger partial charge in [0.25, 0.3) is 0 Å². The Morgan fingerprint density at radius 3 is 2.43 bits per heavy atom. The summed E-state index contributed by atoms with van der Waals surface area (Å²) in [5.74, 6) is 0. The first-order valence-electron chi connectivity index (χ1n) is 6.80. The van der Waals surface area contributed by atoms with Crippen LogP contribution in [0.1, 0.15) is 5.56 Å². The molecule has 1 N–H and O–H groups in total. The lowest BCUT2D eigenvalue weighted by Crippen LogP contribution is -1.99. The maximum Gasteiger partial charge on any atom is 0.0991 e. The van der Waals surface area contributed by atoms with Crippen molar-refractivity contribution in [2.75, 3.05) is 11.6 Å². The standard InChI is InChI=1S/C17H17N3S/c1-21-17-8-4-15(5-9-17)19-12-14-2-6-16(7-3-14)20-11-10-18-13-20/h2-11,13,19H,12H2,1H3. The van der Waals surface area contributed by atoms with Crippen LogP contribution in [0, 0.1) is 0 Å². The van der Waals surface area contributed by atoms with E-state index >= 15 is 0 Å². The fourth-order valence-electron chi connectivity index (χ4n) is 2.11. The van der Waals surface area contributed by atoms with E-state index in [4.69, 9.17) is 0 Å². The molecule has 106 valence electrons. The molecule has 0 radical (unpaired) electrons. The minimum atomic E-state index is 0.822. The highest BCUT2D eigenvalue weighted by atomic mass is 32.2. The monoisotopic (exact) mass is 295 g/mol. The average molecular weight is 295 g/mol. The molecule has 21 heavy (non-hydrogen) atoms. The van der Waals surface area contributed by atoms with Crippen molar-refractivity contribution in [2.45, 2.75) is 11.4 Å². The van der Waals surface area contributed by atoms with Gasteiger partial charge in [0, 0.05) is 35.2 Å². The third-order valence-electron chi connectivity index (χ3n) is 3.33. The molecule has 0 saturated carbocycles. The summed E-state index contributed by atoms with van der Waals surface area (Å²) in [5.41, 5.74) is 3.53. The van der Waals surface area contributed by atoms with Crippen molar-refractivity contribution >= 4 is 17.4 Å². The molecule has 1 heterocycles. The summed E-state index contributed by atoms with van der Waals surface area (Å²) in [6.45, 7) is 0.822. The van der Waals surface area contributed by atoms with Crippen molar-refractivity contribution in [3.8, 4) is 5.69 Å². The molecule has 1 aromatic heterocycles. The normalized spacial score (nSPS) is 10.5. The Labute approximate surface area is 129 Å². The largest absolute Gasteiger partial charge is 0.381 e. The summed E-state index contributed by atoms with van der Waals surface area (Å²) >= 11 is 1.76. The van der Waals surface area contributed by atoms with E-state index in [-0.39, 0.29) is 0 Å². The Balaban J connectivity index is 1.62. The first-order chi connectivity index (χ1) is 10.3. The highest BCUT2D eigenvalue weighted by molar-refractivity contribution is 7.98. The smallest absolute Gasteiger partial charge is 0.0991 e. The van der Waals surface area contributed by atoms with E-state index in [1.54, 1.807) is 24.3 Å². The van der Waals surface area contributed by atoms with Crippen LogP contribution in [0.15, 0.2) is 72.1 Å². The van der Waals surface area contributed by atoms with Gasteiger partial charge in [-0.3, -0.25) is 0 Å². The van der Waals surface area contributed by atoms with Crippen LogP contribution in [0.5, 0.6) is 0 Å². The highest BCUT2D eigenvalue weighted by Gasteiger charge is 1.98. The summed E-state index contributed by atoms with van der Waals surface area (Å²) in [4.78, 5) is 5.34. The van der Waals surface area contributed by atoms with Crippen LogP contribution in [-0.4, -0.2) is 15.8 Å². The number of rotatable bonds is 5. The number of benzene rings is 2. The third kappa shape index (κ3) is 3.47. The molecule has 0 spiro atoms. The van der Waals surface area contributed by atoms with Gasteiger partial charge in [-0.2, -0.15) is 0 Å². The molecule has 3 nitrogen and oxygen atoms in total. The van der Waals surface area contributed by atoms with Crippen LogP contribution < -0.4 is 5.32 Å². The lowest BCUT2D eigenvalue weighted by Gasteiger charge is -2.08. The molecule has 0 aliphatic rings. The van der Waals surface area contributed by atoms with Gasteiger partial charge >= 0.3 is 0 Å². The molecular weight excluding hydrogens is 278 g/mol. The second kappa shape index (κ2) is 6.50. The molecule has 0 aliphatic heterocycles. The van der Waals surface area contributed by atoms with E-state index in [1.807, 2.05) is 10.8 Å². The first-order valence-corrected chi connectivity index (χ1v) is 8.03. The minimum Gasteiger partial charge on any atom is -0.381 e. The van der Waals surface area contributed by atoms with Gasteiger partial charge in [0.1, 0.15) is 0 Å². The number of imidazole rings is 1. The Kier molecular flexibility index (Phi) is 4.26. The van der Waals surface area contributed by atoms with Crippen LogP contribution in [0.25, 0.3) is 5.69 Å². The van der Waals surface area contributed by atoms with Gasteiger partial charge in [-0.15, -0.1) is 11.8 Å². The van der Waals surface area contributed by atoms with Crippen molar-refractivity contribution in [3.63, 3.8) is 0 Å². The Hall–Kier alpha value is -2.20. The maximum atomic E-state index is 4.06. The SMILES string of the molecule is CSc1ccc(NCc2ccc(-n3ccnc3)cc2)cc1. The topological polar surface area (TPSA) is 29.9 Å². The molecule has 0 fully saturated rings. The van der Waals surface area contributed by atoms with E-state index in [2.05, 4.69) is 65.1 Å². The molecule has 0 bridgehead atoms. The number of nitrogens with one attached hydrogen (secondary N) is 1. The number of anilines is 1. The zero-order valence-electron chi connectivity index (χ0n) is 11.9. The zero-order chi connectivity index (χ0) is 14.5. The van der Waals surface area contributed by atoms with Gasteiger partial charge < -0.3 is 9.88 Å². The van der Waals surface area contributed by atoms with Gasteiger partial charge in [-0.05, 0) is 48.2 Å². The zero-order valence-corrected chi connectivity index (χ0v) is 12.7. The minimum absolute atomic E-state index is 0.822. The number of hydrogen-bond donors (Lipinski definition) is 1. The fraction of sp³-hybridized carbons (Fsp3) is 0.118. The number of aromatic nitrogens is 2. The molecule has 3 rings (SSSR count). The lowest BCUT2D eigenvalue weighted by atomic mass is 10.2. The van der Waals surface area contributed by atoms with E-state index in [0.717, 1.165) is 17.9 Å². The third-order valence-corrected chi connectivity index (χ3v) is 4.07. The summed E-state index contributed by atoms with van der Waals surface area (Å²) in [6, 6.07) is 17.0. The van der Waals surface area contributed by atoms with Crippen LogP contribution in [0.2, 0.25) is 0 Å². The number of hydrogen-bond acceptors (Lipinski definition) is 3. The van der Waals surface area contributed by atoms with Gasteiger partial charge in [0.2, 0.25) is 0 Å². The molecule has 0 atom stereocenters. The summed E-state index contributed by atoms with van der Waals surface area (Å²) in [7, 11) is 0. The van der Waals surface area contributed by atoms with Crippen molar-refractivity contribution in [1.82, 2.24) is 9.55 Å². The second-order valence-electron chi connectivity index (χ2n) is 4.72. The van der Waals surface area contributed by atoms with Gasteiger partial charge in [-0.1, -0.05) is 12.1 Å². The molecule has 0 amide bonds. The highest BCUT2D eigenvalue weighted by Crippen LogP contribution is 2.18. The Morgan fingerprint density at radius 1 is 1.05 bits per heavy atom. The van der Waals surface area contributed by atoms with Crippen LogP contribution in [-0.2, 0) is 6.54 Å². The molecule has 3 aromatic rings. The maximum absolute atomic E-state index is 4.06. The number of thioether (sulfide) groups is 1. The van der Waals surface area contributed by atoms with Gasteiger partial charge in [-0.25, -0.2) is 4.98 Å². The molecular formula is C17H17N3S. The van der Waals surface area contributed by atoms with Crippen LogP contribution in [0.3, 0.4) is 0 Å². The van der Waals surface area contributed by atoms with Crippen molar-refractivity contribution in [2.24, 2.45) is 0 Å². The quantitative estimate of drug-likeness (QED) is 0.715. The van der Waals surface area contributed by atoms with Crippen molar-refractivity contribution in [3.05, 3.63) is 72.8 Å². The molecule has 0 unspecified atom stereocenters. The van der Waals surface area contributed by atoms with Gasteiger partial charge in [0.05, 0.1) is 6.33 Å². The van der Waals surface area contributed by atoms with Gasteiger partial charge in [0.15, 0.2) is 0 Å². The molecule has 0 aliphatic carbocycles. The molecule has 0 saturated heterocycles. The fourth-order valence-corrected chi connectivity index (χ4v) is 2.52. The summed E-state index contributed by atoms with van der Waals surface area (Å²) in [6.07, 6.45) is 7.62. The second-order valence-corrected chi connectivity index (χ2v) is 5.60. The first kappa shape index (κ1) is 13.8. The van der Waals surface area contributed by atoms with Crippen molar-refractivity contribution < 1.29 is 0 Å². The summed E-state index contributed by atoms with van der Waals surface area (Å²) in [5, 5.41) is 3.44. The summed E-state index contributed by atoms with van der Waals surface area (Å²) < 4.78 is 2.00. The molecule has 2 aromatic carbocycles. The van der Waals surface area contributed by atoms with Crippen molar-refractivity contribution in [1.29, 1.82) is 0 Å². The average Bonchev–Trinajstić information content (AvgIpc) is 3.08. The Bertz CT molecular complexity index is 673. The van der Waals surface area contributed by atoms with E-state index in [0.29, 0.717) is 0 Å². The Morgan fingerprint density at radius 2 is 1.81 bits per heavy atom. The van der Waals surface area contributed by atoms with E-state index < -0.39 is 0 Å².